The number of benzene rings is 9. The van der Waals surface area contributed by atoms with Gasteiger partial charge >= 0.3 is 0 Å². The smallest absolute Gasteiger partial charge is 0.182 e. The largest absolute Gasteiger partial charge is 0.457 e. The van der Waals surface area contributed by atoms with E-state index in [1.54, 1.807) is 0 Å². The molecule has 2 nitrogen and oxygen atoms in total. The van der Waals surface area contributed by atoms with Gasteiger partial charge in [0, 0.05) is 37.0 Å². The molecule has 4 heteroatoms. The van der Waals surface area contributed by atoms with Gasteiger partial charge in [-0.1, -0.05) is 152 Å². The number of para-hydroxylation sites is 3. The Morgan fingerprint density at radius 1 is 0.390 bits per heavy atom. The number of hydrogen-bond acceptors (Lipinski definition) is 3. The molecule has 0 radical (unpaired) electrons. The van der Waals surface area contributed by atoms with E-state index in [0.29, 0.717) is 0 Å². The minimum atomic E-state index is -2.67. The van der Waals surface area contributed by atoms with Crippen molar-refractivity contribution in [2.75, 3.05) is 4.90 Å². The Morgan fingerprint density at radius 2 is 0.932 bits per heavy atom. The topological polar surface area (TPSA) is 12.5 Å². The molecule has 0 fully saturated rings. The summed E-state index contributed by atoms with van der Waals surface area (Å²) in [5.74, 6) is 1.80. The molecule has 4 aliphatic heterocycles. The molecule has 10 aromatic rings. The molecule has 5 heterocycles. The van der Waals surface area contributed by atoms with E-state index >= 15 is 0 Å². The highest BCUT2D eigenvalue weighted by Gasteiger charge is 2.55. The van der Waals surface area contributed by atoms with Gasteiger partial charge in [0.2, 0.25) is 0 Å². The minimum Gasteiger partial charge on any atom is -0.457 e. The van der Waals surface area contributed by atoms with E-state index in [4.69, 9.17) is 4.74 Å². The highest BCUT2D eigenvalue weighted by atomic mass is 32.1. The minimum absolute atomic E-state index is 0.621. The van der Waals surface area contributed by atoms with Crippen molar-refractivity contribution in [1.82, 2.24) is 0 Å². The molecule has 59 heavy (non-hydrogen) atoms. The zero-order valence-corrected chi connectivity index (χ0v) is 33.6. The number of hydrogen-bond donors (Lipinski definition) is 0. The summed E-state index contributed by atoms with van der Waals surface area (Å²) >= 11 is 1.89. The van der Waals surface area contributed by atoms with Crippen LogP contribution in [-0.4, -0.2) is 8.07 Å². The van der Waals surface area contributed by atoms with Gasteiger partial charge < -0.3 is 9.64 Å². The van der Waals surface area contributed by atoms with E-state index in [0.717, 1.165) is 11.5 Å². The Labute approximate surface area is 346 Å². The first kappa shape index (κ1) is 32.0. The van der Waals surface area contributed by atoms with Crippen LogP contribution in [0.25, 0.3) is 42.4 Å². The molecule has 0 saturated heterocycles. The second kappa shape index (κ2) is 11.4. The number of anilines is 3. The first-order chi connectivity index (χ1) is 29.3. The molecule has 0 unspecified atom stereocenters. The molecule has 0 bridgehead atoms. The van der Waals surface area contributed by atoms with Gasteiger partial charge in [0.25, 0.3) is 0 Å². The van der Waals surface area contributed by atoms with Crippen molar-refractivity contribution in [2.45, 2.75) is 5.41 Å². The molecule has 0 aliphatic carbocycles. The molecule has 0 amide bonds. The Hall–Kier alpha value is -6.98. The van der Waals surface area contributed by atoms with Crippen LogP contribution in [0.2, 0.25) is 0 Å². The molecule has 4 aliphatic rings. The van der Waals surface area contributed by atoms with E-state index in [1.165, 1.54) is 102 Å². The number of fused-ring (bicyclic) bond motifs is 21. The van der Waals surface area contributed by atoms with Crippen LogP contribution in [0.15, 0.2) is 200 Å². The molecule has 2 spiro atoms. The van der Waals surface area contributed by atoms with Crippen LogP contribution in [-0.2, 0) is 5.41 Å². The maximum absolute atomic E-state index is 6.77. The Morgan fingerprint density at radius 3 is 1.61 bits per heavy atom. The van der Waals surface area contributed by atoms with E-state index in [-0.39, 0.29) is 0 Å². The first-order valence-corrected chi connectivity index (χ1v) is 23.2. The summed E-state index contributed by atoms with van der Waals surface area (Å²) in [7, 11) is -2.67. The number of nitrogens with zero attached hydrogens (tertiary/aromatic N) is 1. The average Bonchev–Trinajstić information content (AvgIpc) is 3.92. The Bertz CT molecular complexity index is 3360. The summed E-state index contributed by atoms with van der Waals surface area (Å²) in [6, 6.07) is 75.5. The van der Waals surface area contributed by atoms with Crippen molar-refractivity contribution >= 4 is 77.4 Å². The van der Waals surface area contributed by atoms with Crippen molar-refractivity contribution in [3.8, 4) is 33.8 Å². The zero-order valence-electron chi connectivity index (χ0n) is 31.8. The quantitative estimate of drug-likeness (QED) is 0.154. The third-order valence-electron chi connectivity index (χ3n) is 13.7. The lowest BCUT2D eigenvalue weighted by atomic mass is 9.61. The van der Waals surface area contributed by atoms with E-state index < -0.39 is 13.5 Å². The fraction of sp³-hybridized carbons (Fsp3) is 0.0182. The Balaban J connectivity index is 1.12. The van der Waals surface area contributed by atoms with Crippen LogP contribution >= 0.6 is 11.3 Å². The van der Waals surface area contributed by atoms with Gasteiger partial charge in [0.1, 0.15) is 11.5 Å². The van der Waals surface area contributed by atoms with Crippen molar-refractivity contribution in [3.63, 3.8) is 0 Å². The lowest BCUT2D eigenvalue weighted by Crippen LogP contribution is -2.70. The SMILES string of the molecule is c1ccc2c(c1)Oc1ccccc1C21c2ccccc2N(c2ccc3c(c2)[Si]2(c4ccccc4-c4ccccc42)c2ccccc2-3)c2cc3c(cc21)sc1ccccc13. The van der Waals surface area contributed by atoms with Crippen LogP contribution in [0.5, 0.6) is 11.5 Å². The van der Waals surface area contributed by atoms with Gasteiger partial charge in [-0.2, -0.15) is 0 Å². The van der Waals surface area contributed by atoms with Crippen LogP contribution in [0.1, 0.15) is 22.3 Å². The summed E-state index contributed by atoms with van der Waals surface area (Å²) in [6.07, 6.45) is 0. The highest BCUT2D eigenvalue weighted by Crippen LogP contribution is 2.63. The number of ether oxygens (including phenoxy) is 1. The van der Waals surface area contributed by atoms with Gasteiger partial charge in [-0.25, -0.2) is 0 Å². The summed E-state index contributed by atoms with van der Waals surface area (Å²) < 4.78 is 9.36. The maximum Gasteiger partial charge on any atom is 0.182 e. The maximum atomic E-state index is 6.77. The molecule has 0 atom stereocenters. The fourth-order valence-corrected chi connectivity index (χ4v) is 18.3. The Kier molecular flexibility index (Phi) is 6.16. The van der Waals surface area contributed by atoms with Crippen LogP contribution in [0, 0.1) is 0 Å². The lowest BCUT2D eigenvalue weighted by Gasteiger charge is -2.48. The third-order valence-corrected chi connectivity index (χ3v) is 19.8. The van der Waals surface area contributed by atoms with E-state index in [9.17, 15) is 0 Å². The van der Waals surface area contributed by atoms with Crippen LogP contribution in [0.4, 0.5) is 17.1 Å². The van der Waals surface area contributed by atoms with Crippen molar-refractivity contribution in [3.05, 3.63) is 222 Å². The molecular formula is C55H33NOSSi. The molecule has 0 N–H and O–H groups in total. The van der Waals surface area contributed by atoms with Gasteiger partial charge in [-0.05, 0) is 103 Å². The second-order valence-corrected chi connectivity index (χ2v) is 21.0. The summed E-state index contributed by atoms with van der Waals surface area (Å²) in [5, 5.41) is 8.53. The standard InChI is InChI=1S/C55H33NOSSi/c1-11-25-49-35(15-1)40-32-46-44(33-50(40)58-49)55(42-20-6-9-23-47(42)57-48-24-10-7-21-43(48)55)41-19-5-8-22-45(41)56(46)34-29-30-39-38-18-4-14-28-53(38)59(54(39)31-34)51-26-12-2-16-36(51)37-17-3-13-27-52(37)59/h1-33H. The number of rotatable bonds is 1. The van der Waals surface area contributed by atoms with Gasteiger partial charge in [0.05, 0.1) is 16.8 Å². The normalized spacial score (nSPS) is 15.2. The summed E-state index contributed by atoms with van der Waals surface area (Å²) in [5.41, 5.74) is 13.3. The van der Waals surface area contributed by atoms with Crippen molar-refractivity contribution < 1.29 is 4.74 Å². The highest BCUT2D eigenvalue weighted by molar-refractivity contribution is 7.26. The predicted molar refractivity (Wildman–Crippen MR) is 248 cm³/mol. The molecule has 9 aromatic carbocycles. The van der Waals surface area contributed by atoms with E-state index in [2.05, 4.69) is 205 Å². The van der Waals surface area contributed by atoms with Gasteiger partial charge in [0.15, 0.2) is 8.07 Å². The molecule has 14 rings (SSSR count). The predicted octanol–water partition coefficient (Wildman–Crippen LogP) is 11.7. The summed E-state index contributed by atoms with van der Waals surface area (Å²) in [4.78, 5) is 2.58. The molecule has 1 aromatic heterocycles. The van der Waals surface area contributed by atoms with Crippen LogP contribution < -0.4 is 30.4 Å². The van der Waals surface area contributed by atoms with Crippen LogP contribution in [0.3, 0.4) is 0 Å². The summed E-state index contributed by atoms with van der Waals surface area (Å²) in [6.45, 7) is 0. The molecule has 0 saturated carbocycles. The molecule has 274 valence electrons. The fourth-order valence-electron chi connectivity index (χ4n) is 11.6. The van der Waals surface area contributed by atoms with Crippen molar-refractivity contribution in [1.29, 1.82) is 0 Å². The second-order valence-electron chi connectivity index (χ2n) is 16.3. The molecular weight excluding hydrogens is 751 g/mol. The monoisotopic (exact) mass is 783 g/mol. The van der Waals surface area contributed by atoms with Gasteiger partial charge in [-0.3, -0.25) is 0 Å². The van der Waals surface area contributed by atoms with Crippen molar-refractivity contribution in [2.24, 2.45) is 0 Å². The van der Waals surface area contributed by atoms with E-state index in [1.807, 2.05) is 11.3 Å². The zero-order chi connectivity index (χ0) is 38.5. The average molecular weight is 784 g/mol. The third kappa shape index (κ3) is 3.82. The van der Waals surface area contributed by atoms with Gasteiger partial charge in [-0.15, -0.1) is 11.3 Å². The number of thiophene rings is 1. The first-order valence-electron chi connectivity index (χ1n) is 20.4. The lowest BCUT2D eigenvalue weighted by molar-refractivity contribution is 0.434.